The number of halogens is 1. The molecular weight excluding hydrogens is 238 g/mol. The van der Waals surface area contributed by atoms with Crippen molar-refractivity contribution in [3.63, 3.8) is 0 Å². The first-order valence-corrected chi connectivity index (χ1v) is 6.05. The van der Waals surface area contributed by atoms with Crippen LogP contribution in [-0.4, -0.2) is 50.1 Å². The van der Waals surface area contributed by atoms with E-state index < -0.39 is 0 Å². The Hall–Kier alpha value is -0.580. The number of hydrogen-bond donors (Lipinski definition) is 2. The summed E-state index contributed by atoms with van der Waals surface area (Å²) in [6.07, 6.45) is 4.21. The maximum Gasteiger partial charge on any atom is 0.234 e. The van der Waals surface area contributed by atoms with Crippen LogP contribution in [0.2, 0.25) is 0 Å². The number of amides is 1. The summed E-state index contributed by atoms with van der Waals surface area (Å²) < 4.78 is 0. The normalized spacial score (nSPS) is 28.0. The predicted octanol–water partition coefficient (Wildman–Crippen LogP) is 0.396. The van der Waals surface area contributed by atoms with Crippen molar-refractivity contribution in [2.24, 2.45) is 5.41 Å². The van der Waals surface area contributed by atoms with Gasteiger partial charge in [0.15, 0.2) is 0 Å². The van der Waals surface area contributed by atoms with Crippen molar-refractivity contribution in [3.05, 3.63) is 12.7 Å². The van der Waals surface area contributed by atoms with Crippen LogP contribution in [-0.2, 0) is 4.79 Å². The van der Waals surface area contributed by atoms with Crippen molar-refractivity contribution in [2.75, 3.05) is 39.3 Å². The fraction of sp³-hybridized carbons (Fsp3) is 0.750. The lowest BCUT2D eigenvalue weighted by molar-refractivity contribution is -0.121. The highest BCUT2D eigenvalue weighted by Crippen LogP contribution is 2.35. The zero-order valence-corrected chi connectivity index (χ0v) is 11.0. The largest absolute Gasteiger partial charge is 0.352 e. The summed E-state index contributed by atoms with van der Waals surface area (Å²) in [5, 5.41) is 6.25. The van der Waals surface area contributed by atoms with Crippen LogP contribution in [0, 0.1) is 5.41 Å². The van der Waals surface area contributed by atoms with Crippen LogP contribution in [0.25, 0.3) is 0 Å². The first kappa shape index (κ1) is 14.5. The van der Waals surface area contributed by atoms with Gasteiger partial charge in [-0.1, -0.05) is 6.08 Å². The highest BCUT2D eigenvalue weighted by Gasteiger charge is 2.40. The summed E-state index contributed by atoms with van der Waals surface area (Å²) in [6.45, 7) is 9.08. The molecule has 1 unspecified atom stereocenters. The molecule has 5 heteroatoms. The van der Waals surface area contributed by atoms with E-state index in [9.17, 15) is 4.79 Å². The Morgan fingerprint density at radius 1 is 1.53 bits per heavy atom. The van der Waals surface area contributed by atoms with Gasteiger partial charge in [-0.2, -0.15) is 0 Å². The van der Waals surface area contributed by atoms with E-state index in [-0.39, 0.29) is 18.3 Å². The topological polar surface area (TPSA) is 44.4 Å². The lowest BCUT2D eigenvalue weighted by atomic mass is 9.87. The van der Waals surface area contributed by atoms with E-state index in [0.29, 0.717) is 18.5 Å². The van der Waals surface area contributed by atoms with Crippen LogP contribution < -0.4 is 10.6 Å². The molecule has 2 fully saturated rings. The summed E-state index contributed by atoms with van der Waals surface area (Å²) >= 11 is 0. The van der Waals surface area contributed by atoms with Gasteiger partial charge in [0.1, 0.15) is 0 Å². The molecule has 0 radical (unpaired) electrons. The first-order chi connectivity index (χ1) is 7.74. The third-order valence-corrected chi connectivity index (χ3v) is 3.66. The maximum absolute atomic E-state index is 11.5. The van der Waals surface area contributed by atoms with E-state index in [1.807, 2.05) is 0 Å². The molecule has 1 amide bonds. The van der Waals surface area contributed by atoms with Crippen molar-refractivity contribution >= 4 is 18.3 Å². The van der Waals surface area contributed by atoms with Gasteiger partial charge in [0.05, 0.1) is 6.54 Å². The Kier molecular flexibility index (Phi) is 5.43. The third kappa shape index (κ3) is 3.69. The molecule has 2 heterocycles. The maximum atomic E-state index is 11.5. The number of hydrogen-bond acceptors (Lipinski definition) is 3. The average Bonchev–Trinajstić information content (AvgIpc) is 2.87. The summed E-state index contributed by atoms with van der Waals surface area (Å²) in [7, 11) is 0. The standard InChI is InChI=1S/C12H21N3O.ClH/c1-2-5-14-11(16)8-15-7-4-12(10-15)3-6-13-9-12;/h2,13H,1,3-10H2,(H,14,16);1H. The Bertz CT molecular complexity index is 277. The van der Waals surface area contributed by atoms with Gasteiger partial charge in [-0.3, -0.25) is 9.69 Å². The molecule has 2 saturated heterocycles. The minimum Gasteiger partial charge on any atom is -0.352 e. The van der Waals surface area contributed by atoms with Crippen LogP contribution in [0.15, 0.2) is 12.7 Å². The molecule has 98 valence electrons. The number of rotatable bonds is 4. The molecule has 0 saturated carbocycles. The van der Waals surface area contributed by atoms with Gasteiger partial charge in [0.25, 0.3) is 0 Å². The van der Waals surface area contributed by atoms with Crippen LogP contribution in [0.1, 0.15) is 12.8 Å². The molecule has 0 aliphatic carbocycles. The molecule has 4 nitrogen and oxygen atoms in total. The molecule has 0 bridgehead atoms. The summed E-state index contributed by atoms with van der Waals surface area (Å²) in [4.78, 5) is 13.8. The molecule has 0 aromatic carbocycles. The molecule has 2 aliphatic rings. The van der Waals surface area contributed by atoms with Crippen molar-refractivity contribution in [3.8, 4) is 0 Å². The number of nitrogens with zero attached hydrogens (tertiary/aromatic N) is 1. The van der Waals surface area contributed by atoms with Gasteiger partial charge in [0, 0.05) is 19.6 Å². The minimum absolute atomic E-state index is 0. The first-order valence-electron chi connectivity index (χ1n) is 6.05. The molecule has 0 aromatic rings. The van der Waals surface area contributed by atoms with Crippen molar-refractivity contribution in [2.45, 2.75) is 12.8 Å². The summed E-state index contributed by atoms with van der Waals surface area (Å²) in [6, 6.07) is 0. The van der Waals surface area contributed by atoms with Crippen LogP contribution in [0.3, 0.4) is 0 Å². The SMILES string of the molecule is C=CCNC(=O)CN1CCC2(CCNC2)C1.Cl. The van der Waals surface area contributed by atoms with Gasteiger partial charge in [0.2, 0.25) is 5.91 Å². The van der Waals surface area contributed by atoms with E-state index in [1.165, 1.54) is 12.8 Å². The molecule has 1 atom stereocenters. The number of nitrogens with one attached hydrogen (secondary N) is 2. The molecule has 0 aromatic heterocycles. The summed E-state index contributed by atoms with van der Waals surface area (Å²) in [5.41, 5.74) is 0.457. The van der Waals surface area contributed by atoms with Crippen LogP contribution in [0.5, 0.6) is 0 Å². The second-order valence-electron chi connectivity index (χ2n) is 4.98. The third-order valence-electron chi connectivity index (χ3n) is 3.66. The van der Waals surface area contributed by atoms with E-state index in [4.69, 9.17) is 0 Å². The van der Waals surface area contributed by atoms with E-state index in [0.717, 1.165) is 26.2 Å². The molecular formula is C12H22ClN3O. The van der Waals surface area contributed by atoms with E-state index >= 15 is 0 Å². The monoisotopic (exact) mass is 259 g/mol. The minimum atomic E-state index is 0. The number of carbonyl (C=O) groups excluding carboxylic acids is 1. The van der Waals surface area contributed by atoms with Gasteiger partial charge >= 0.3 is 0 Å². The quantitative estimate of drug-likeness (QED) is 0.719. The highest BCUT2D eigenvalue weighted by molar-refractivity contribution is 5.85. The van der Waals surface area contributed by atoms with Gasteiger partial charge in [-0.15, -0.1) is 19.0 Å². The van der Waals surface area contributed by atoms with Crippen molar-refractivity contribution in [1.29, 1.82) is 0 Å². The zero-order chi connectivity index (χ0) is 11.4. The van der Waals surface area contributed by atoms with Crippen LogP contribution >= 0.6 is 12.4 Å². The Morgan fingerprint density at radius 2 is 2.35 bits per heavy atom. The highest BCUT2D eigenvalue weighted by atomic mass is 35.5. The molecule has 1 spiro atoms. The smallest absolute Gasteiger partial charge is 0.234 e. The fourth-order valence-corrected chi connectivity index (χ4v) is 2.75. The fourth-order valence-electron chi connectivity index (χ4n) is 2.75. The zero-order valence-electron chi connectivity index (χ0n) is 10.2. The van der Waals surface area contributed by atoms with E-state index in [1.54, 1.807) is 6.08 Å². The Balaban J connectivity index is 0.00000144. The summed E-state index contributed by atoms with van der Waals surface area (Å²) in [5.74, 6) is 0.114. The second-order valence-corrected chi connectivity index (χ2v) is 4.98. The second kappa shape index (κ2) is 6.38. The van der Waals surface area contributed by atoms with E-state index in [2.05, 4.69) is 22.1 Å². The molecule has 2 rings (SSSR count). The number of carbonyl (C=O) groups is 1. The Morgan fingerprint density at radius 3 is 3.00 bits per heavy atom. The van der Waals surface area contributed by atoms with Crippen molar-refractivity contribution < 1.29 is 4.79 Å². The van der Waals surface area contributed by atoms with Gasteiger partial charge in [-0.05, 0) is 31.3 Å². The predicted molar refractivity (Wildman–Crippen MR) is 71.4 cm³/mol. The Labute approximate surface area is 109 Å². The number of likely N-dealkylation sites (tertiary alicyclic amines) is 1. The molecule has 2 N–H and O–H groups in total. The molecule has 2 aliphatic heterocycles. The van der Waals surface area contributed by atoms with Crippen LogP contribution in [0.4, 0.5) is 0 Å². The van der Waals surface area contributed by atoms with Gasteiger partial charge in [-0.25, -0.2) is 0 Å². The molecule has 17 heavy (non-hydrogen) atoms. The lowest BCUT2D eigenvalue weighted by Crippen LogP contribution is -2.37. The van der Waals surface area contributed by atoms with Gasteiger partial charge < -0.3 is 10.6 Å². The lowest BCUT2D eigenvalue weighted by Gasteiger charge is -2.22. The van der Waals surface area contributed by atoms with Crippen molar-refractivity contribution in [1.82, 2.24) is 15.5 Å². The average molecular weight is 260 g/mol.